The molecule has 0 radical (unpaired) electrons. The Morgan fingerprint density at radius 3 is 2.90 bits per heavy atom. The first kappa shape index (κ1) is 12.7. The lowest BCUT2D eigenvalue weighted by molar-refractivity contribution is 0.0296. The number of aromatic hydroxyl groups is 1. The minimum Gasteiger partial charge on any atom is -0.506 e. The van der Waals surface area contributed by atoms with Crippen LogP contribution in [0.1, 0.15) is 28.4 Å². The number of hydrogen-bond acceptors (Lipinski definition) is 4. The van der Waals surface area contributed by atoms with Crippen LogP contribution in [0.3, 0.4) is 0 Å². The highest BCUT2D eigenvalue weighted by Gasteiger charge is 2.30. The van der Waals surface area contributed by atoms with Gasteiger partial charge in [-0.3, -0.25) is 4.98 Å². The van der Waals surface area contributed by atoms with Crippen LogP contribution in [0.2, 0.25) is 0 Å². The van der Waals surface area contributed by atoms with Crippen LogP contribution in [0.5, 0.6) is 5.75 Å². The Hall–Kier alpha value is -2.36. The smallest absolute Gasteiger partial charge is 0.342 e. The number of ether oxygens (including phenoxy) is 1. The van der Waals surface area contributed by atoms with Crippen LogP contribution < -0.4 is 0 Å². The number of rotatable bonds is 1. The molecule has 0 saturated heterocycles. The summed E-state index contributed by atoms with van der Waals surface area (Å²) in [5.74, 6) is -0.502. The zero-order valence-corrected chi connectivity index (χ0v) is 11.4. The number of carbonyl (C=O) groups is 1. The number of carbonyl (C=O) groups excluding carboxylic acids is 1. The fourth-order valence-corrected chi connectivity index (χ4v) is 2.62. The van der Waals surface area contributed by atoms with Crippen molar-refractivity contribution in [3.8, 4) is 17.0 Å². The molecule has 0 fully saturated rings. The van der Waals surface area contributed by atoms with Crippen molar-refractivity contribution in [2.45, 2.75) is 26.4 Å². The van der Waals surface area contributed by atoms with Gasteiger partial charge in [0.1, 0.15) is 17.4 Å². The molecule has 1 aliphatic heterocycles. The highest BCUT2D eigenvalue weighted by Crippen LogP contribution is 2.38. The van der Waals surface area contributed by atoms with Crippen molar-refractivity contribution in [2.75, 3.05) is 0 Å². The minimum atomic E-state index is -0.461. The number of esters is 1. The van der Waals surface area contributed by atoms with Crippen LogP contribution in [0.15, 0.2) is 30.5 Å². The Kier molecular flexibility index (Phi) is 2.93. The molecule has 2 heterocycles. The number of aromatic nitrogens is 1. The summed E-state index contributed by atoms with van der Waals surface area (Å²) < 4.78 is 5.22. The summed E-state index contributed by atoms with van der Waals surface area (Å²) in [5.41, 5.74) is 3.33. The number of hydrogen-bond donors (Lipinski definition) is 1. The van der Waals surface area contributed by atoms with Gasteiger partial charge in [-0.2, -0.15) is 0 Å². The maximum absolute atomic E-state index is 12.0. The van der Waals surface area contributed by atoms with Crippen LogP contribution in [0.25, 0.3) is 11.3 Å². The third kappa shape index (κ3) is 1.93. The average molecular weight is 269 g/mol. The van der Waals surface area contributed by atoms with E-state index in [2.05, 4.69) is 4.98 Å². The number of pyridine rings is 1. The minimum absolute atomic E-state index is 0.0406. The molecule has 1 aliphatic rings. The molecule has 2 aromatic rings. The van der Waals surface area contributed by atoms with Gasteiger partial charge in [0.15, 0.2) is 0 Å². The summed E-state index contributed by atoms with van der Waals surface area (Å²) in [4.78, 5) is 16.3. The number of fused-ring (bicyclic) bond motifs is 1. The van der Waals surface area contributed by atoms with Crippen molar-refractivity contribution in [1.29, 1.82) is 0 Å². The Labute approximate surface area is 117 Å². The summed E-state index contributed by atoms with van der Waals surface area (Å²) in [6, 6.07) is 7.33. The molecule has 102 valence electrons. The van der Waals surface area contributed by atoms with Crippen molar-refractivity contribution in [3.63, 3.8) is 0 Å². The van der Waals surface area contributed by atoms with E-state index in [0.717, 1.165) is 11.1 Å². The van der Waals surface area contributed by atoms with Crippen molar-refractivity contribution in [2.24, 2.45) is 0 Å². The lowest BCUT2D eigenvalue weighted by Gasteiger charge is -2.25. The van der Waals surface area contributed by atoms with Gasteiger partial charge >= 0.3 is 5.97 Å². The lowest BCUT2D eigenvalue weighted by Crippen LogP contribution is -2.26. The Balaban J connectivity index is 2.24. The van der Waals surface area contributed by atoms with Gasteiger partial charge < -0.3 is 9.84 Å². The average Bonchev–Trinajstić information content (AvgIpc) is 2.43. The number of aryl methyl sites for hydroxylation is 1. The van der Waals surface area contributed by atoms with E-state index in [0.29, 0.717) is 17.7 Å². The van der Waals surface area contributed by atoms with E-state index in [-0.39, 0.29) is 17.4 Å². The molecule has 1 atom stereocenters. The molecule has 1 N–H and O–H groups in total. The fourth-order valence-electron chi connectivity index (χ4n) is 2.62. The molecule has 1 aromatic heterocycles. The number of phenolic OH excluding ortho intramolecular Hbond substituents is 1. The lowest BCUT2D eigenvalue weighted by atomic mass is 9.90. The fraction of sp³-hybridized carbons (Fsp3) is 0.250. The van der Waals surface area contributed by atoms with E-state index in [9.17, 15) is 9.90 Å². The molecule has 20 heavy (non-hydrogen) atoms. The predicted octanol–water partition coefficient (Wildman–Crippen LogP) is 2.86. The summed E-state index contributed by atoms with van der Waals surface area (Å²) in [6.45, 7) is 3.79. The first-order valence-electron chi connectivity index (χ1n) is 6.55. The summed E-state index contributed by atoms with van der Waals surface area (Å²) in [5, 5.41) is 10.4. The Morgan fingerprint density at radius 2 is 2.20 bits per heavy atom. The van der Waals surface area contributed by atoms with Crippen molar-refractivity contribution in [1.82, 2.24) is 4.98 Å². The summed E-state index contributed by atoms with van der Waals surface area (Å²) >= 11 is 0. The van der Waals surface area contributed by atoms with Gasteiger partial charge in [-0.15, -0.1) is 0 Å². The topological polar surface area (TPSA) is 59.4 Å². The van der Waals surface area contributed by atoms with Gasteiger partial charge in [-0.05, 0) is 43.2 Å². The van der Waals surface area contributed by atoms with Gasteiger partial charge in [0.05, 0.1) is 5.69 Å². The molecule has 4 nitrogen and oxygen atoms in total. The molecule has 4 heteroatoms. The highest BCUT2D eigenvalue weighted by atomic mass is 16.5. The third-order valence-electron chi connectivity index (χ3n) is 3.58. The number of cyclic esters (lactones) is 1. The highest BCUT2D eigenvalue weighted by molar-refractivity contribution is 5.98. The zero-order valence-electron chi connectivity index (χ0n) is 11.4. The van der Waals surface area contributed by atoms with E-state index >= 15 is 0 Å². The molecule has 0 bridgehead atoms. The second-order valence-electron chi connectivity index (χ2n) is 5.08. The van der Waals surface area contributed by atoms with E-state index in [1.165, 1.54) is 0 Å². The zero-order chi connectivity index (χ0) is 14.3. The predicted molar refractivity (Wildman–Crippen MR) is 74.7 cm³/mol. The van der Waals surface area contributed by atoms with Crippen LogP contribution in [-0.2, 0) is 11.2 Å². The van der Waals surface area contributed by atoms with E-state index in [1.54, 1.807) is 12.3 Å². The molecule has 0 saturated carbocycles. The van der Waals surface area contributed by atoms with Crippen LogP contribution in [0.4, 0.5) is 0 Å². The maximum atomic E-state index is 12.0. The summed E-state index contributed by atoms with van der Waals surface area (Å²) in [6.07, 6.45) is 2.13. The molecule has 0 aliphatic carbocycles. The second-order valence-corrected chi connectivity index (χ2v) is 5.08. The maximum Gasteiger partial charge on any atom is 0.342 e. The molecule has 0 amide bonds. The number of benzene rings is 1. The van der Waals surface area contributed by atoms with Crippen molar-refractivity contribution >= 4 is 5.97 Å². The largest absolute Gasteiger partial charge is 0.506 e. The third-order valence-corrected chi connectivity index (χ3v) is 3.58. The van der Waals surface area contributed by atoms with Crippen molar-refractivity contribution in [3.05, 3.63) is 47.2 Å². The van der Waals surface area contributed by atoms with E-state index in [1.807, 2.05) is 32.0 Å². The van der Waals surface area contributed by atoms with Crippen molar-refractivity contribution < 1.29 is 14.6 Å². The van der Waals surface area contributed by atoms with Gasteiger partial charge in [-0.1, -0.05) is 6.07 Å². The van der Waals surface area contributed by atoms with Gasteiger partial charge in [-0.25, -0.2) is 4.79 Å². The van der Waals surface area contributed by atoms with Crippen LogP contribution >= 0.6 is 0 Å². The first-order valence-corrected chi connectivity index (χ1v) is 6.55. The quantitative estimate of drug-likeness (QED) is 0.809. The second kappa shape index (κ2) is 4.63. The Bertz CT molecular complexity index is 680. The van der Waals surface area contributed by atoms with Crippen LogP contribution in [0, 0.1) is 6.92 Å². The molecule has 1 aromatic carbocycles. The van der Waals surface area contributed by atoms with E-state index in [4.69, 9.17) is 4.74 Å². The molecule has 0 spiro atoms. The molecular formula is C16H15NO3. The number of nitrogens with zero attached hydrogens (tertiary/aromatic N) is 1. The van der Waals surface area contributed by atoms with Crippen LogP contribution in [-0.4, -0.2) is 22.2 Å². The molecular weight excluding hydrogens is 254 g/mol. The van der Waals surface area contributed by atoms with E-state index < -0.39 is 5.97 Å². The SMILES string of the molecule is Cc1cc(-c2ccccn2)c(O)c2c1C[C@@H](C)OC2=O. The molecule has 3 rings (SSSR count). The normalized spacial score (nSPS) is 17.5. The molecule has 0 unspecified atom stereocenters. The number of phenols is 1. The van der Waals surface area contributed by atoms with Gasteiger partial charge in [0.2, 0.25) is 0 Å². The standard InChI is InChI=1S/C16H15NO3/c1-9-7-12(13-5-3-4-6-17-13)15(18)14-11(9)8-10(2)20-16(14)19/h3-7,10,18H,8H2,1-2H3/t10-/m1/s1. The monoisotopic (exact) mass is 269 g/mol. The Morgan fingerprint density at radius 1 is 1.40 bits per heavy atom. The van der Waals surface area contributed by atoms with Gasteiger partial charge in [0, 0.05) is 18.2 Å². The summed E-state index contributed by atoms with van der Waals surface area (Å²) in [7, 11) is 0. The first-order chi connectivity index (χ1) is 9.58. The van der Waals surface area contributed by atoms with Gasteiger partial charge in [0.25, 0.3) is 0 Å².